The van der Waals surface area contributed by atoms with Gasteiger partial charge in [-0.05, 0) is 42.0 Å². The van der Waals surface area contributed by atoms with Crippen molar-refractivity contribution in [3.63, 3.8) is 0 Å². The monoisotopic (exact) mass is 425 g/mol. The summed E-state index contributed by atoms with van der Waals surface area (Å²) in [5.41, 5.74) is 3.12. The number of esters is 1. The van der Waals surface area contributed by atoms with E-state index in [-0.39, 0.29) is 5.75 Å². The summed E-state index contributed by atoms with van der Waals surface area (Å²) < 4.78 is 25.5. The molecule has 0 saturated heterocycles. The molecule has 4 rings (SSSR count). The molecule has 0 bridgehead atoms. The lowest BCUT2D eigenvalue weighted by Crippen LogP contribution is -2.08. The average Bonchev–Trinajstić information content (AvgIpc) is 3.15. The molecule has 4 aromatic rings. The number of ether oxygens (including phenoxy) is 2. The third kappa shape index (κ3) is 3.71. The van der Waals surface area contributed by atoms with Crippen LogP contribution in [0.1, 0.15) is 15.9 Å². The van der Waals surface area contributed by atoms with Crippen molar-refractivity contribution in [3.8, 4) is 17.0 Å². The SMILES string of the molecule is COC(=O)c1cc(Cl)cc2cnn(Cc3ccc(-c4ccc(OC)c(F)c4)nc3)c12. The van der Waals surface area contributed by atoms with Crippen LogP contribution >= 0.6 is 11.6 Å². The Labute approximate surface area is 176 Å². The first kappa shape index (κ1) is 19.8. The van der Waals surface area contributed by atoms with Crippen LogP contribution in [0.3, 0.4) is 0 Å². The molecule has 6 nitrogen and oxygen atoms in total. The summed E-state index contributed by atoms with van der Waals surface area (Å²) in [5.74, 6) is -0.750. The summed E-state index contributed by atoms with van der Waals surface area (Å²) in [4.78, 5) is 16.6. The summed E-state index contributed by atoms with van der Waals surface area (Å²) in [5, 5.41) is 5.55. The lowest BCUT2D eigenvalue weighted by atomic mass is 10.1. The smallest absolute Gasteiger partial charge is 0.340 e. The molecule has 152 valence electrons. The molecular formula is C22H17ClFN3O3. The minimum absolute atomic E-state index is 0.183. The molecule has 0 spiro atoms. The van der Waals surface area contributed by atoms with Crippen LogP contribution in [0.5, 0.6) is 5.75 Å². The number of rotatable bonds is 5. The molecule has 2 aromatic carbocycles. The van der Waals surface area contributed by atoms with Gasteiger partial charge in [0.1, 0.15) is 0 Å². The molecule has 0 aliphatic rings. The largest absolute Gasteiger partial charge is 0.494 e. The second-order valence-electron chi connectivity index (χ2n) is 6.59. The Kier molecular flexibility index (Phi) is 5.37. The third-order valence-corrected chi connectivity index (χ3v) is 4.93. The molecule has 0 aliphatic heterocycles. The number of halogens is 2. The molecule has 0 fully saturated rings. The van der Waals surface area contributed by atoms with E-state index in [1.165, 1.54) is 20.3 Å². The minimum atomic E-state index is -0.487. The van der Waals surface area contributed by atoms with Crippen LogP contribution < -0.4 is 4.74 Å². The van der Waals surface area contributed by atoms with E-state index in [0.29, 0.717) is 33.9 Å². The van der Waals surface area contributed by atoms with E-state index in [4.69, 9.17) is 21.1 Å². The van der Waals surface area contributed by atoms with Crippen LogP contribution in [0.25, 0.3) is 22.2 Å². The van der Waals surface area contributed by atoms with Crippen molar-refractivity contribution in [1.82, 2.24) is 14.8 Å². The number of methoxy groups -OCH3 is 2. The first-order chi connectivity index (χ1) is 14.5. The van der Waals surface area contributed by atoms with Gasteiger partial charge < -0.3 is 9.47 Å². The van der Waals surface area contributed by atoms with Gasteiger partial charge in [-0.3, -0.25) is 9.67 Å². The number of aromatic nitrogens is 3. The van der Waals surface area contributed by atoms with Gasteiger partial charge >= 0.3 is 5.97 Å². The van der Waals surface area contributed by atoms with Crippen LogP contribution in [-0.2, 0) is 11.3 Å². The second kappa shape index (κ2) is 8.12. The van der Waals surface area contributed by atoms with Gasteiger partial charge in [0.2, 0.25) is 0 Å². The predicted molar refractivity (Wildman–Crippen MR) is 111 cm³/mol. The van der Waals surface area contributed by atoms with Crippen molar-refractivity contribution >= 4 is 28.5 Å². The Hall–Kier alpha value is -3.45. The van der Waals surface area contributed by atoms with Crippen LogP contribution in [0.4, 0.5) is 4.39 Å². The Morgan fingerprint density at radius 1 is 1.13 bits per heavy atom. The van der Waals surface area contributed by atoms with Crippen molar-refractivity contribution in [2.24, 2.45) is 0 Å². The van der Waals surface area contributed by atoms with E-state index in [2.05, 4.69) is 10.1 Å². The number of carbonyl (C=O) groups excluding carboxylic acids is 1. The first-order valence-corrected chi connectivity index (χ1v) is 9.40. The Balaban J connectivity index is 1.65. The van der Waals surface area contributed by atoms with E-state index in [1.807, 2.05) is 6.07 Å². The molecule has 0 unspecified atom stereocenters. The van der Waals surface area contributed by atoms with Crippen molar-refractivity contribution < 1.29 is 18.7 Å². The fraction of sp³-hybridized carbons (Fsp3) is 0.136. The molecule has 0 aliphatic carbocycles. The van der Waals surface area contributed by atoms with Crippen LogP contribution in [0.2, 0.25) is 5.02 Å². The number of hydrogen-bond donors (Lipinski definition) is 0. The molecule has 0 radical (unpaired) electrons. The van der Waals surface area contributed by atoms with Gasteiger partial charge in [0, 0.05) is 22.2 Å². The maximum absolute atomic E-state index is 14.0. The summed E-state index contributed by atoms with van der Waals surface area (Å²) in [6.07, 6.45) is 3.34. The van der Waals surface area contributed by atoms with Gasteiger partial charge in [-0.2, -0.15) is 5.10 Å². The van der Waals surface area contributed by atoms with E-state index >= 15 is 0 Å². The second-order valence-corrected chi connectivity index (χ2v) is 7.02. The molecule has 2 aromatic heterocycles. The van der Waals surface area contributed by atoms with Gasteiger partial charge in [0.15, 0.2) is 11.6 Å². The zero-order valence-corrected chi connectivity index (χ0v) is 17.0. The lowest BCUT2D eigenvalue weighted by molar-refractivity contribution is 0.0602. The lowest BCUT2D eigenvalue weighted by Gasteiger charge is -2.09. The molecule has 0 atom stereocenters. The van der Waals surface area contributed by atoms with E-state index in [9.17, 15) is 9.18 Å². The Bertz CT molecular complexity index is 1240. The van der Waals surface area contributed by atoms with Gasteiger partial charge in [0.05, 0.1) is 43.7 Å². The number of fused-ring (bicyclic) bond motifs is 1. The van der Waals surface area contributed by atoms with Crippen LogP contribution in [0, 0.1) is 5.82 Å². The summed E-state index contributed by atoms with van der Waals surface area (Å²) in [6, 6.07) is 11.7. The van der Waals surface area contributed by atoms with E-state index in [0.717, 1.165) is 10.9 Å². The van der Waals surface area contributed by atoms with E-state index < -0.39 is 11.8 Å². The summed E-state index contributed by atoms with van der Waals surface area (Å²) in [7, 11) is 2.74. The first-order valence-electron chi connectivity index (χ1n) is 9.02. The van der Waals surface area contributed by atoms with Gasteiger partial charge in [-0.25, -0.2) is 9.18 Å². The highest BCUT2D eigenvalue weighted by molar-refractivity contribution is 6.32. The average molecular weight is 426 g/mol. The zero-order valence-electron chi connectivity index (χ0n) is 16.2. The van der Waals surface area contributed by atoms with Crippen molar-refractivity contribution in [2.75, 3.05) is 14.2 Å². The predicted octanol–water partition coefficient (Wildman–Crippen LogP) is 4.73. The minimum Gasteiger partial charge on any atom is -0.494 e. The fourth-order valence-electron chi connectivity index (χ4n) is 3.27. The van der Waals surface area contributed by atoms with Crippen LogP contribution in [0.15, 0.2) is 54.9 Å². The fourth-order valence-corrected chi connectivity index (χ4v) is 3.50. The topological polar surface area (TPSA) is 66.2 Å². The highest BCUT2D eigenvalue weighted by atomic mass is 35.5. The van der Waals surface area contributed by atoms with Gasteiger partial charge in [-0.15, -0.1) is 0 Å². The zero-order chi connectivity index (χ0) is 21.3. The Morgan fingerprint density at radius 2 is 1.97 bits per heavy atom. The quantitative estimate of drug-likeness (QED) is 0.432. The molecule has 0 N–H and O–H groups in total. The summed E-state index contributed by atoms with van der Waals surface area (Å²) >= 11 is 6.11. The number of hydrogen-bond acceptors (Lipinski definition) is 5. The van der Waals surface area contributed by atoms with Gasteiger partial charge in [0.25, 0.3) is 0 Å². The maximum atomic E-state index is 14.0. The number of pyridine rings is 1. The molecular weight excluding hydrogens is 409 g/mol. The summed E-state index contributed by atoms with van der Waals surface area (Å²) in [6.45, 7) is 0.388. The number of benzene rings is 2. The molecule has 30 heavy (non-hydrogen) atoms. The highest BCUT2D eigenvalue weighted by Crippen LogP contribution is 2.27. The third-order valence-electron chi connectivity index (χ3n) is 4.71. The Morgan fingerprint density at radius 3 is 2.63 bits per heavy atom. The molecule has 2 heterocycles. The van der Waals surface area contributed by atoms with E-state index in [1.54, 1.807) is 47.4 Å². The van der Waals surface area contributed by atoms with Crippen molar-refractivity contribution in [3.05, 3.63) is 76.8 Å². The molecule has 0 amide bonds. The standard InChI is InChI=1S/C22H17ClFN3O3/c1-29-20-6-4-14(8-18(20)24)19-5-3-13(10-25-19)12-27-21-15(11-26-27)7-16(23)9-17(21)22(28)30-2/h3-11H,12H2,1-2H3. The number of carbonyl (C=O) groups is 1. The highest BCUT2D eigenvalue weighted by Gasteiger charge is 2.17. The molecule has 8 heteroatoms. The number of nitrogens with zero attached hydrogens (tertiary/aromatic N) is 3. The molecule has 0 saturated carbocycles. The maximum Gasteiger partial charge on any atom is 0.340 e. The van der Waals surface area contributed by atoms with Crippen molar-refractivity contribution in [1.29, 1.82) is 0 Å². The van der Waals surface area contributed by atoms with Crippen molar-refractivity contribution in [2.45, 2.75) is 6.54 Å². The van der Waals surface area contributed by atoms with Crippen LogP contribution in [-0.4, -0.2) is 35.0 Å². The normalized spacial score (nSPS) is 10.9. The van der Waals surface area contributed by atoms with Gasteiger partial charge in [-0.1, -0.05) is 17.7 Å².